The van der Waals surface area contributed by atoms with Crippen molar-refractivity contribution in [2.75, 3.05) is 32.1 Å². The summed E-state index contributed by atoms with van der Waals surface area (Å²) >= 11 is 0. The fraction of sp³-hybridized carbons (Fsp3) is 0.259. The van der Waals surface area contributed by atoms with E-state index in [9.17, 15) is 13.2 Å². The molecule has 0 saturated carbocycles. The van der Waals surface area contributed by atoms with Gasteiger partial charge in [-0.15, -0.1) is 0 Å². The first-order chi connectivity index (χ1) is 16.3. The summed E-state index contributed by atoms with van der Waals surface area (Å²) in [7, 11) is 3.85. The van der Waals surface area contributed by atoms with Gasteiger partial charge in [-0.05, 0) is 67.9 Å². The lowest BCUT2D eigenvalue weighted by atomic mass is 9.99. The number of rotatable bonds is 7. The van der Waals surface area contributed by atoms with Crippen molar-refractivity contribution in [3.05, 3.63) is 77.9 Å². The van der Waals surface area contributed by atoms with Gasteiger partial charge in [0.05, 0.1) is 11.1 Å². The van der Waals surface area contributed by atoms with E-state index in [1.54, 1.807) is 18.2 Å². The summed E-state index contributed by atoms with van der Waals surface area (Å²) in [6, 6.07) is 18.9. The van der Waals surface area contributed by atoms with Gasteiger partial charge in [0.2, 0.25) is 0 Å². The van der Waals surface area contributed by atoms with E-state index in [1.165, 1.54) is 6.07 Å². The normalized spacial score (nSPS) is 11.7. The molecule has 1 heterocycles. The second-order valence-corrected chi connectivity index (χ2v) is 8.38. The lowest BCUT2D eigenvalue weighted by Crippen LogP contribution is -2.23. The highest BCUT2D eigenvalue weighted by Gasteiger charge is 2.32. The van der Waals surface area contributed by atoms with Gasteiger partial charge in [0.15, 0.2) is 5.82 Å². The van der Waals surface area contributed by atoms with E-state index in [4.69, 9.17) is 9.97 Å². The van der Waals surface area contributed by atoms with E-state index < -0.39 is 11.7 Å². The van der Waals surface area contributed by atoms with Crippen LogP contribution in [0.1, 0.15) is 17.5 Å². The Morgan fingerprint density at radius 1 is 0.882 bits per heavy atom. The van der Waals surface area contributed by atoms with Crippen molar-refractivity contribution >= 4 is 16.7 Å². The molecule has 0 bridgehead atoms. The standard InChI is InChI=1S/C27H27F3N4/c1-18-9-7-12-23-24(18)32-25(33-26(23)34(3)14-8-13-31-2)21-15-20(19-10-5-4-6-11-19)16-22(17-21)27(28,29)30/h4-7,9-12,15-17,31H,8,13-14H2,1-3H3. The van der Waals surface area contributed by atoms with Gasteiger partial charge in [0, 0.05) is 24.5 Å². The van der Waals surface area contributed by atoms with Gasteiger partial charge in [-0.25, -0.2) is 9.97 Å². The summed E-state index contributed by atoms with van der Waals surface area (Å²) in [6.07, 6.45) is -3.58. The molecule has 0 aliphatic carbocycles. The van der Waals surface area contributed by atoms with Gasteiger partial charge in [0.25, 0.3) is 0 Å². The molecular weight excluding hydrogens is 437 g/mol. The average Bonchev–Trinajstić information content (AvgIpc) is 2.83. The molecule has 0 saturated heterocycles. The molecule has 0 aliphatic heterocycles. The number of aryl methyl sites for hydroxylation is 1. The topological polar surface area (TPSA) is 41.0 Å². The van der Waals surface area contributed by atoms with Crippen molar-refractivity contribution in [1.29, 1.82) is 0 Å². The summed E-state index contributed by atoms with van der Waals surface area (Å²) in [5.74, 6) is 0.985. The fourth-order valence-corrected chi connectivity index (χ4v) is 4.02. The summed E-state index contributed by atoms with van der Waals surface area (Å²) in [5.41, 5.74) is 2.48. The molecule has 0 unspecified atom stereocenters. The zero-order valence-corrected chi connectivity index (χ0v) is 19.4. The number of halogens is 3. The number of alkyl halides is 3. The first kappa shape index (κ1) is 23.7. The van der Waals surface area contributed by atoms with E-state index in [2.05, 4.69) is 5.32 Å². The minimum absolute atomic E-state index is 0.278. The third kappa shape index (κ3) is 5.04. The van der Waals surface area contributed by atoms with Crippen LogP contribution < -0.4 is 10.2 Å². The number of nitrogens with zero attached hydrogens (tertiary/aromatic N) is 3. The summed E-state index contributed by atoms with van der Waals surface area (Å²) in [4.78, 5) is 11.5. The van der Waals surface area contributed by atoms with Gasteiger partial charge in [-0.1, -0.05) is 42.5 Å². The maximum atomic E-state index is 13.8. The molecule has 176 valence electrons. The Labute approximate surface area is 197 Å². The Morgan fingerprint density at radius 2 is 1.62 bits per heavy atom. The van der Waals surface area contributed by atoms with E-state index in [0.717, 1.165) is 42.0 Å². The van der Waals surface area contributed by atoms with Crippen LogP contribution in [-0.2, 0) is 6.18 Å². The molecule has 1 aromatic heterocycles. The first-order valence-electron chi connectivity index (χ1n) is 11.2. The predicted octanol–water partition coefficient (Wildman–Crippen LogP) is 6.34. The molecule has 0 spiro atoms. The van der Waals surface area contributed by atoms with Crippen molar-refractivity contribution in [3.63, 3.8) is 0 Å². The van der Waals surface area contributed by atoms with Crippen LogP contribution in [0.25, 0.3) is 33.4 Å². The largest absolute Gasteiger partial charge is 0.416 e. The molecule has 4 nitrogen and oxygen atoms in total. The van der Waals surface area contributed by atoms with Crippen LogP contribution in [0.3, 0.4) is 0 Å². The number of fused-ring (bicyclic) bond motifs is 1. The smallest absolute Gasteiger partial charge is 0.359 e. The van der Waals surface area contributed by atoms with E-state index in [-0.39, 0.29) is 5.82 Å². The van der Waals surface area contributed by atoms with Crippen LogP contribution in [0.2, 0.25) is 0 Å². The number of hydrogen-bond acceptors (Lipinski definition) is 4. The zero-order chi connectivity index (χ0) is 24.3. The van der Waals surface area contributed by atoms with E-state index in [0.29, 0.717) is 22.5 Å². The molecule has 0 atom stereocenters. The van der Waals surface area contributed by atoms with Crippen LogP contribution >= 0.6 is 0 Å². The average molecular weight is 465 g/mol. The Hall–Kier alpha value is -3.45. The molecule has 0 radical (unpaired) electrons. The van der Waals surface area contributed by atoms with E-state index >= 15 is 0 Å². The van der Waals surface area contributed by atoms with Gasteiger partial charge < -0.3 is 10.2 Å². The number of anilines is 1. The number of aromatic nitrogens is 2. The first-order valence-corrected chi connectivity index (χ1v) is 11.2. The molecule has 7 heteroatoms. The Kier molecular flexibility index (Phi) is 6.84. The van der Waals surface area contributed by atoms with Crippen molar-refractivity contribution in [2.45, 2.75) is 19.5 Å². The summed E-state index contributed by atoms with van der Waals surface area (Å²) in [5, 5.41) is 4.01. The lowest BCUT2D eigenvalue weighted by Gasteiger charge is -2.21. The molecule has 1 N–H and O–H groups in total. The SMILES string of the molecule is CNCCCN(C)c1nc(-c2cc(-c3ccccc3)cc(C(F)(F)F)c2)nc2c(C)cccc12. The molecule has 4 aromatic rings. The maximum absolute atomic E-state index is 13.8. The minimum Gasteiger partial charge on any atom is -0.359 e. The summed E-state index contributed by atoms with van der Waals surface area (Å²) in [6.45, 7) is 3.55. The quantitative estimate of drug-likeness (QED) is 0.324. The van der Waals surface area contributed by atoms with Crippen LogP contribution in [0.5, 0.6) is 0 Å². The third-order valence-electron chi connectivity index (χ3n) is 5.82. The number of nitrogens with one attached hydrogen (secondary N) is 1. The minimum atomic E-state index is -4.49. The zero-order valence-electron chi connectivity index (χ0n) is 19.4. The molecule has 0 amide bonds. The van der Waals surface area contributed by atoms with Gasteiger partial charge in [-0.2, -0.15) is 13.2 Å². The second kappa shape index (κ2) is 9.81. The van der Waals surface area contributed by atoms with Crippen LogP contribution in [-0.4, -0.2) is 37.2 Å². The Bertz CT molecular complexity index is 1290. The highest BCUT2D eigenvalue weighted by atomic mass is 19.4. The van der Waals surface area contributed by atoms with Gasteiger partial charge >= 0.3 is 6.18 Å². The molecule has 34 heavy (non-hydrogen) atoms. The van der Waals surface area contributed by atoms with Crippen molar-refractivity contribution in [3.8, 4) is 22.5 Å². The van der Waals surface area contributed by atoms with Gasteiger partial charge in [0.1, 0.15) is 5.82 Å². The number of benzene rings is 3. The Morgan fingerprint density at radius 3 is 2.32 bits per heavy atom. The lowest BCUT2D eigenvalue weighted by molar-refractivity contribution is -0.137. The maximum Gasteiger partial charge on any atom is 0.416 e. The highest BCUT2D eigenvalue weighted by molar-refractivity contribution is 5.93. The molecular formula is C27H27F3N4. The Balaban J connectivity index is 1.91. The van der Waals surface area contributed by atoms with Crippen LogP contribution in [0.15, 0.2) is 66.7 Å². The van der Waals surface area contributed by atoms with Crippen molar-refractivity contribution in [1.82, 2.24) is 15.3 Å². The molecule has 0 aliphatic rings. The van der Waals surface area contributed by atoms with Gasteiger partial charge in [-0.3, -0.25) is 0 Å². The fourth-order valence-electron chi connectivity index (χ4n) is 4.02. The van der Waals surface area contributed by atoms with Crippen LogP contribution in [0.4, 0.5) is 19.0 Å². The second-order valence-electron chi connectivity index (χ2n) is 8.38. The molecule has 0 fully saturated rings. The molecule has 3 aromatic carbocycles. The number of hydrogen-bond donors (Lipinski definition) is 1. The van der Waals surface area contributed by atoms with Crippen LogP contribution in [0, 0.1) is 6.92 Å². The third-order valence-corrected chi connectivity index (χ3v) is 5.82. The molecule has 4 rings (SSSR count). The van der Waals surface area contributed by atoms with E-state index in [1.807, 2.05) is 62.3 Å². The van der Waals surface area contributed by atoms with Crippen molar-refractivity contribution < 1.29 is 13.2 Å². The van der Waals surface area contributed by atoms with Crippen molar-refractivity contribution in [2.24, 2.45) is 0 Å². The summed E-state index contributed by atoms with van der Waals surface area (Å²) < 4.78 is 41.5. The highest BCUT2D eigenvalue weighted by Crippen LogP contribution is 2.37. The number of para-hydroxylation sites is 1. The predicted molar refractivity (Wildman–Crippen MR) is 132 cm³/mol. The monoisotopic (exact) mass is 464 g/mol.